The number of fused-ring (bicyclic) bond motifs is 1. The van der Waals surface area contributed by atoms with Crippen molar-refractivity contribution in [2.45, 2.75) is 0 Å². The summed E-state index contributed by atoms with van der Waals surface area (Å²) >= 11 is 6.05. The van der Waals surface area contributed by atoms with E-state index in [4.69, 9.17) is 16.3 Å². The van der Waals surface area contributed by atoms with Crippen molar-refractivity contribution in [3.8, 4) is 22.6 Å². The Balaban J connectivity index is 1.49. The lowest BCUT2D eigenvalue weighted by atomic mass is 10.0. The third kappa shape index (κ3) is 4.29. The van der Waals surface area contributed by atoms with E-state index < -0.39 is 11.7 Å². The molecule has 0 aliphatic rings. The predicted molar refractivity (Wildman–Crippen MR) is 134 cm³/mol. The monoisotopic (exact) mass is 466 g/mol. The number of hydrogen-bond acceptors (Lipinski definition) is 3. The molecule has 0 unspecified atom stereocenters. The van der Waals surface area contributed by atoms with Crippen molar-refractivity contribution in [1.82, 2.24) is 4.40 Å². The summed E-state index contributed by atoms with van der Waals surface area (Å²) in [5.74, 6) is -0.361. The molecule has 0 aliphatic carbocycles. The molecule has 2 heterocycles. The Morgan fingerprint density at radius 3 is 2.29 bits per heavy atom. The molecule has 0 radical (unpaired) electrons. The molecule has 0 spiro atoms. The number of benzene rings is 3. The van der Waals surface area contributed by atoms with Crippen LogP contribution >= 0.6 is 11.6 Å². The summed E-state index contributed by atoms with van der Waals surface area (Å²) < 4.78 is 7.63. The molecule has 34 heavy (non-hydrogen) atoms. The molecule has 1 N–H and O–H groups in total. The molecule has 0 saturated heterocycles. The standard InChI is InChI=1S/C28H19ClN2O3/c29-20-15-13-19(14-16-20)23-18-21-8-6-7-17-31(21)26(23)27(32)28(33)30-24-11-4-5-12-25(24)34-22-9-2-1-3-10-22/h1-18H,(H,30,33). The molecule has 0 fully saturated rings. The number of amides is 1. The number of ether oxygens (including phenoxy) is 1. The minimum Gasteiger partial charge on any atom is -0.455 e. The van der Waals surface area contributed by atoms with Gasteiger partial charge in [-0.15, -0.1) is 0 Å². The molecule has 5 aromatic rings. The van der Waals surface area contributed by atoms with Crippen molar-refractivity contribution in [2.75, 3.05) is 5.32 Å². The van der Waals surface area contributed by atoms with Crippen molar-refractivity contribution in [2.24, 2.45) is 0 Å². The lowest BCUT2D eigenvalue weighted by Gasteiger charge is -2.12. The Kier molecular flexibility index (Phi) is 5.85. The van der Waals surface area contributed by atoms with Crippen molar-refractivity contribution < 1.29 is 14.3 Å². The number of ketones is 1. The SMILES string of the molecule is O=C(Nc1ccccc1Oc1ccccc1)C(=O)c1c(-c2ccc(Cl)cc2)cc2ccccn12. The van der Waals surface area contributed by atoms with E-state index >= 15 is 0 Å². The topological polar surface area (TPSA) is 59.8 Å². The molecule has 166 valence electrons. The summed E-state index contributed by atoms with van der Waals surface area (Å²) in [4.78, 5) is 26.6. The second-order valence-corrected chi connectivity index (χ2v) is 8.04. The first kappa shape index (κ1) is 21.5. The first-order chi connectivity index (χ1) is 16.6. The quantitative estimate of drug-likeness (QED) is 0.219. The van der Waals surface area contributed by atoms with Crippen LogP contribution in [0.5, 0.6) is 11.5 Å². The Hall–Kier alpha value is -4.35. The average Bonchev–Trinajstić information content (AvgIpc) is 3.25. The largest absolute Gasteiger partial charge is 0.455 e. The molecule has 6 heteroatoms. The molecule has 0 atom stereocenters. The van der Waals surface area contributed by atoms with Crippen LogP contribution in [0, 0.1) is 0 Å². The number of carbonyl (C=O) groups is 2. The van der Waals surface area contributed by atoms with Crippen LogP contribution in [0.25, 0.3) is 16.6 Å². The third-order valence-electron chi connectivity index (χ3n) is 5.36. The first-order valence-corrected chi connectivity index (χ1v) is 11.0. The van der Waals surface area contributed by atoms with Gasteiger partial charge in [0, 0.05) is 22.3 Å². The number of nitrogens with zero attached hydrogens (tertiary/aromatic N) is 1. The fourth-order valence-electron chi connectivity index (χ4n) is 3.77. The number of para-hydroxylation sites is 3. The summed E-state index contributed by atoms with van der Waals surface area (Å²) in [6.07, 6.45) is 1.77. The number of rotatable bonds is 6. The number of pyridine rings is 1. The third-order valence-corrected chi connectivity index (χ3v) is 5.61. The molecule has 0 bridgehead atoms. The van der Waals surface area contributed by atoms with Crippen LogP contribution < -0.4 is 10.1 Å². The van der Waals surface area contributed by atoms with E-state index in [1.165, 1.54) is 0 Å². The second kappa shape index (κ2) is 9.25. The van der Waals surface area contributed by atoms with Crippen LogP contribution in [0.15, 0.2) is 109 Å². The fraction of sp³-hybridized carbons (Fsp3) is 0. The Labute approximate surface area is 201 Å². The number of carbonyl (C=O) groups excluding carboxylic acids is 2. The Bertz CT molecular complexity index is 1490. The maximum absolute atomic E-state index is 13.5. The smallest absolute Gasteiger partial charge is 0.298 e. The van der Waals surface area contributed by atoms with Gasteiger partial charge < -0.3 is 14.5 Å². The van der Waals surface area contributed by atoms with E-state index in [2.05, 4.69) is 5.32 Å². The van der Waals surface area contributed by atoms with Crippen LogP contribution in [-0.2, 0) is 4.79 Å². The second-order valence-electron chi connectivity index (χ2n) is 7.60. The van der Waals surface area contributed by atoms with Crippen LogP contribution in [0.1, 0.15) is 10.5 Å². The van der Waals surface area contributed by atoms with Gasteiger partial charge in [0.2, 0.25) is 0 Å². The molecule has 0 saturated carbocycles. The zero-order valence-corrected chi connectivity index (χ0v) is 18.7. The number of hydrogen-bond donors (Lipinski definition) is 1. The number of Topliss-reactive ketones (excluding diaryl/α,β-unsaturated/α-hetero) is 1. The predicted octanol–water partition coefficient (Wildman–Crippen LogP) is 6.87. The van der Waals surface area contributed by atoms with Gasteiger partial charge >= 0.3 is 0 Å². The maximum Gasteiger partial charge on any atom is 0.298 e. The first-order valence-electron chi connectivity index (χ1n) is 10.6. The zero-order chi connectivity index (χ0) is 23.5. The molecule has 1 amide bonds. The highest BCUT2D eigenvalue weighted by atomic mass is 35.5. The van der Waals surface area contributed by atoms with Gasteiger partial charge in [-0.2, -0.15) is 0 Å². The Morgan fingerprint density at radius 2 is 1.50 bits per heavy atom. The van der Waals surface area contributed by atoms with Gasteiger partial charge in [0.1, 0.15) is 11.4 Å². The average molecular weight is 467 g/mol. The van der Waals surface area contributed by atoms with Gasteiger partial charge in [-0.1, -0.05) is 60.1 Å². The fourth-order valence-corrected chi connectivity index (χ4v) is 3.89. The van der Waals surface area contributed by atoms with Gasteiger partial charge in [-0.25, -0.2) is 0 Å². The van der Waals surface area contributed by atoms with Crippen molar-refractivity contribution >= 4 is 34.5 Å². The molecule has 5 nitrogen and oxygen atoms in total. The summed E-state index contributed by atoms with van der Waals surface area (Å²) in [5, 5.41) is 3.31. The molecular formula is C28H19ClN2O3. The minimum absolute atomic E-state index is 0.275. The minimum atomic E-state index is -0.761. The number of nitrogens with one attached hydrogen (secondary N) is 1. The zero-order valence-electron chi connectivity index (χ0n) is 17.9. The Morgan fingerprint density at radius 1 is 0.794 bits per heavy atom. The lowest BCUT2D eigenvalue weighted by molar-refractivity contribution is -0.112. The van der Waals surface area contributed by atoms with Crippen LogP contribution in [-0.4, -0.2) is 16.1 Å². The van der Waals surface area contributed by atoms with E-state index in [-0.39, 0.29) is 5.69 Å². The molecule has 5 rings (SSSR count). The van der Waals surface area contributed by atoms with Crippen molar-refractivity contribution in [3.05, 3.63) is 120 Å². The summed E-state index contributed by atoms with van der Waals surface area (Å²) in [6.45, 7) is 0. The van der Waals surface area contributed by atoms with Gasteiger partial charge in [-0.05, 0) is 60.2 Å². The van der Waals surface area contributed by atoms with E-state index in [1.807, 2.05) is 66.7 Å². The van der Waals surface area contributed by atoms with Gasteiger partial charge in [0.25, 0.3) is 11.7 Å². The van der Waals surface area contributed by atoms with Gasteiger partial charge in [0.15, 0.2) is 5.75 Å². The number of halogens is 1. The summed E-state index contributed by atoms with van der Waals surface area (Å²) in [7, 11) is 0. The van der Waals surface area contributed by atoms with E-state index in [9.17, 15) is 9.59 Å². The highest BCUT2D eigenvalue weighted by molar-refractivity contribution is 6.47. The molecule has 2 aromatic heterocycles. The van der Waals surface area contributed by atoms with Crippen LogP contribution in [0.2, 0.25) is 5.02 Å². The lowest BCUT2D eigenvalue weighted by Crippen LogP contribution is -2.24. The molecule has 0 aliphatic heterocycles. The van der Waals surface area contributed by atoms with Crippen LogP contribution in [0.3, 0.4) is 0 Å². The molecule has 3 aromatic carbocycles. The summed E-state index contributed by atoms with van der Waals surface area (Å²) in [6, 6.07) is 30.9. The van der Waals surface area contributed by atoms with Crippen molar-refractivity contribution in [1.29, 1.82) is 0 Å². The normalized spacial score (nSPS) is 10.7. The van der Waals surface area contributed by atoms with E-state index in [0.29, 0.717) is 27.8 Å². The highest BCUT2D eigenvalue weighted by Gasteiger charge is 2.25. The maximum atomic E-state index is 13.5. The van der Waals surface area contributed by atoms with Crippen molar-refractivity contribution in [3.63, 3.8) is 0 Å². The van der Waals surface area contributed by atoms with E-state index in [0.717, 1.165) is 11.1 Å². The highest BCUT2D eigenvalue weighted by Crippen LogP contribution is 2.31. The number of anilines is 1. The van der Waals surface area contributed by atoms with E-state index in [1.54, 1.807) is 47.0 Å². The van der Waals surface area contributed by atoms with Crippen LogP contribution in [0.4, 0.5) is 5.69 Å². The van der Waals surface area contributed by atoms with Gasteiger partial charge in [-0.3, -0.25) is 9.59 Å². The molecular weight excluding hydrogens is 448 g/mol. The summed E-state index contributed by atoms with van der Waals surface area (Å²) in [5.41, 5.74) is 2.92. The number of aromatic nitrogens is 1. The van der Waals surface area contributed by atoms with Gasteiger partial charge in [0.05, 0.1) is 5.69 Å².